The number of alkyl halides is 2. The van der Waals surface area contributed by atoms with E-state index >= 15 is 0 Å². The molecular weight excluding hydrogens is 302 g/mol. The molecule has 0 aromatic heterocycles. The minimum absolute atomic E-state index is 0.103. The summed E-state index contributed by atoms with van der Waals surface area (Å²) in [6.07, 6.45) is -2.75. The lowest BCUT2D eigenvalue weighted by Gasteiger charge is -2.17. The fourth-order valence-electron chi connectivity index (χ4n) is 1.56. The van der Waals surface area contributed by atoms with Gasteiger partial charge in [-0.2, -0.15) is 4.31 Å². The topological polar surface area (TPSA) is 72.6 Å². The van der Waals surface area contributed by atoms with E-state index in [1.54, 1.807) is 0 Å². The molecule has 0 radical (unpaired) electrons. The molecule has 0 atom stereocenters. The highest BCUT2D eigenvalue weighted by Crippen LogP contribution is 2.23. The van der Waals surface area contributed by atoms with Crippen LogP contribution < -0.4 is 10.5 Å². The SMILES string of the molecule is COc1ccc(S(=O)(=O)N(C)CC(F)F)cc1C#CCN. The zero-order valence-electron chi connectivity index (χ0n) is 11.6. The number of ether oxygens (including phenoxy) is 1. The van der Waals surface area contributed by atoms with Gasteiger partial charge in [0.25, 0.3) is 6.43 Å². The molecule has 21 heavy (non-hydrogen) atoms. The number of nitrogens with zero attached hydrogens (tertiary/aromatic N) is 1. The summed E-state index contributed by atoms with van der Waals surface area (Å²) in [6, 6.07) is 3.98. The Balaban J connectivity index is 3.25. The van der Waals surface area contributed by atoms with Gasteiger partial charge in [-0.15, -0.1) is 0 Å². The third-order valence-corrected chi connectivity index (χ3v) is 4.42. The maximum atomic E-state index is 12.3. The van der Waals surface area contributed by atoms with Crippen molar-refractivity contribution >= 4 is 10.0 Å². The molecule has 0 amide bonds. The minimum atomic E-state index is -4.01. The Morgan fingerprint density at radius 3 is 2.62 bits per heavy atom. The van der Waals surface area contributed by atoms with E-state index in [9.17, 15) is 17.2 Å². The van der Waals surface area contributed by atoms with E-state index < -0.39 is 23.0 Å². The molecule has 5 nitrogen and oxygen atoms in total. The van der Waals surface area contributed by atoms with Crippen molar-refractivity contribution in [2.75, 3.05) is 27.2 Å². The third-order valence-electron chi connectivity index (χ3n) is 2.60. The molecule has 0 aliphatic rings. The van der Waals surface area contributed by atoms with Crippen LogP contribution in [0.4, 0.5) is 8.78 Å². The average molecular weight is 318 g/mol. The van der Waals surface area contributed by atoms with E-state index in [-0.39, 0.29) is 11.4 Å². The quantitative estimate of drug-likeness (QED) is 0.819. The molecule has 0 unspecified atom stereocenters. The standard InChI is InChI=1S/C13H16F2N2O3S/c1-17(9-13(14)15)21(18,19)11-5-6-12(20-2)10(8-11)4-3-7-16/h5-6,8,13H,7,9,16H2,1-2H3. The molecule has 0 aliphatic carbocycles. The summed E-state index contributed by atoms with van der Waals surface area (Å²) in [7, 11) is -1.50. The Bertz CT molecular complexity index is 651. The molecule has 0 heterocycles. The normalized spacial score (nSPS) is 11.4. The Hall–Kier alpha value is -1.69. The monoisotopic (exact) mass is 318 g/mol. The molecule has 0 bridgehead atoms. The van der Waals surface area contributed by atoms with Gasteiger partial charge in [-0.25, -0.2) is 17.2 Å². The van der Waals surface area contributed by atoms with E-state index in [1.807, 2.05) is 0 Å². The highest BCUT2D eigenvalue weighted by molar-refractivity contribution is 7.89. The van der Waals surface area contributed by atoms with E-state index in [2.05, 4.69) is 11.8 Å². The summed E-state index contributed by atoms with van der Waals surface area (Å²) >= 11 is 0. The molecule has 0 saturated carbocycles. The van der Waals surface area contributed by atoms with Gasteiger partial charge in [0.05, 0.1) is 30.7 Å². The van der Waals surface area contributed by atoms with Crippen LogP contribution in [0, 0.1) is 11.8 Å². The van der Waals surface area contributed by atoms with E-state index in [0.29, 0.717) is 15.6 Å². The molecule has 116 valence electrons. The lowest BCUT2D eigenvalue weighted by atomic mass is 10.2. The Morgan fingerprint density at radius 1 is 1.43 bits per heavy atom. The molecule has 0 saturated heterocycles. The molecule has 1 rings (SSSR count). The second-order valence-corrected chi connectivity index (χ2v) is 6.09. The van der Waals surface area contributed by atoms with Crippen molar-refractivity contribution in [3.63, 3.8) is 0 Å². The Labute approximate surface area is 122 Å². The van der Waals surface area contributed by atoms with Crippen LogP contribution in [0.1, 0.15) is 5.56 Å². The zero-order chi connectivity index (χ0) is 16.0. The number of hydrogen-bond acceptors (Lipinski definition) is 4. The number of halogens is 2. The molecule has 2 N–H and O–H groups in total. The number of methoxy groups -OCH3 is 1. The zero-order valence-corrected chi connectivity index (χ0v) is 12.5. The van der Waals surface area contributed by atoms with Crippen LogP contribution in [-0.4, -0.2) is 46.4 Å². The highest BCUT2D eigenvalue weighted by atomic mass is 32.2. The lowest BCUT2D eigenvalue weighted by molar-refractivity contribution is 0.126. The second-order valence-electron chi connectivity index (χ2n) is 4.04. The predicted molar refractivity (Wildman–Crippen MR) is 74.7 cm³/mol. The van der Waals surface area contributed by atoms with Crippen molar-refractivity contribution in [2.24, 2.45) is 5.73 Å². The van der Waals surface area contributed by atoms with E-state index in [1.165, 1.54) is 25.3 Å². The molecule has 0 spiro atoms. The number of rotatable bonds is 5. The smallest absolute Gasteiger partial charge is 0.252 e. The first-order valence-corrected chi connectivity index (χ1v) is 7.38. The van der Waals surface area contributed by atoms with Crippen LogP contribution in [0.2, 0.25) is 0 Å². The number of hydrogen-bond donors (Lipinski definition) is 1. The largest absolute Gasteiger partial charge is 0.495 e. The number of nitrogens with two attached hydrogens (primary N) is 1. The van der Waals surface area contributed by atoms with Gasteiger partial charge in [-0.05, 0) is 18.2 Å². The summed E-state index contributed by atoms with van der Waals surface area (Å²) < 4.78 is 54.7. The summed E-state index contributed by atoms with van der Waals surface area (Å²) in [4.78, 5) is -0.132. The van der Waals surface area contributed by atoms with E-state index in [4.69, 9.17) is 10.5 Å². The fourth-order valence-corrected chi connectivity index (χ4v) is 2.74. The third kappa shape index (κ3) is 4.39. The Kier molecular flexibility index (Phi) is 6.08. The van der Waals surface area contributed by atoms with Crippen LogP contribution in [-0.2, 0) is 10.0 Å². The van der Waals surface area contributed by atoms with Crippen LogP contribution in [0.15, 0.2) is 23.1 Å². The number of sulfonamides is 1. The highest BCUT2D eigenvalue weighted by Gasteiger charge is 2.24. The van der Waals surface area contributed by atoms with Gasteiger partial charge in [0.15, 0.2) is 0 Å². The van der Waals surface area contributed by atoms with Gasteiger partial charge >= 0.3 is 0 Å². The predicted octanol–water partition coefficient (Wildman–Crippen LogP) is 0.891. The van der Waals surface area contributed by atoms with Crippen LogP contribution in [0.3, 0.4) is 0 Å². The summed E-state index contributed by atoms with van der Waals surface area (Å²) in [6.45, 7) is -0.774. The van der Waals surface area contributed by atoms with Crippen LogP contribution >= 0.6 is 0 Å². The van der Waals surface area contributed by atoms with Crippen molar-refractivity contribution in [1.29, 1.82) is 0 Å². The van der Waals surface area contributed by atoms with Crippen LogP contribution in [0.25, 0.3) is 0 Å². The van der Waals surface area contributed by atoms with Gasteiger partial charge in [-0.3, -0.25) is 0 Å². The summed E-state index contributed by atoms with van der Waals surface area (Å²) in [5.41, 5.74) is 5.60. The molecule has 8 heteroatoms. The first kappa shape index (κ1) is 17.4. The Morgan fingerprint density at radius 2 is 2.10 bits per heavy atom. The summed E-state index contributed by atoms with van der Waals surface area (Å²) in [5.74, 6) is 5.65. The van der Waals surface area contributed by atoms with E-state index in [0.717, 1.165) is 7.05 Å². The average Bonchev–Trinajstić information content (AvgIpc) is 2.43. The maximum Gasteiger partial charge on any atom is 0.252 e. The van der Waals surface area contributed by atoms with Gasteiger partial charge in [0.1, 0.15) is 5.75 Å². The van der Waals surface area contributed by atoms with Crippen molar-refractivity contribution in [3.8, 4) is 17.6 Å². The van der Waals surface area contributed by atoms with Crippen LogP contribution in [0.5, 0.6) is 5.75 Å². The van der Waals surface area contributed by atoms with Gasteiger partial charge in [0, 0.05) is 7.05 Å². The van der Waals surface area contributed by atoms with Gasteiger partial charge in [-0.1, -0.05) is 11.8 Å². The number of benzene rings is 1. The molecule has 0 fully saturated rings. The second kappa shape index (κ2) is 7.36. The minimum Gasteiger partial charge on any atom is -0.495 e. The molecule has 1 aromatic rings. The van der Waals surface area contributed by atoms with Gasteiger partial charge in [0.2, 0.25) is 10.0 Å². The maximum absolute atomic E-state index is 12.3. The molecule has 1 aromatic carbocycles. The van der Waals surface area contributed by atoms with Crippen molar-refractivity contribution in [1.82, 2.24) is 4.31 Å². The lowest BCUT2D eigenvalue weighted by Crippen LogP contribution is -2.31. The molecular formula is C13H16F2N2O3S. The molecule has 0 aliphatic heterocycles. The first-order chi connectivity index (χ1) is 9.82. The summed E-state index contributed by atoms with van der Waals surface area (Å²) in [5, 5.41) is 0. The first-order valence-electron chi connectivity index (χ1n) is 5.94. The van der Waals surface area contributed by atoms with Gasteiger partial charge < -0.3 is 10.5 Å². The fraction of sp³-hybridized carbons (Fsp3) is 0.385. The van der Waals surface area contributed by atoms with Crippen molar-refractivity contribution in [3.05, 3.63) is 23.8 Å². The van der Waals surface area contributed by atoms with Crippen molar-refractivity contribution < 1.29 is 21.9 Å². The van der Waals surface area contributed by atoms with Crippen molar-refractivity contribution in [2.45, 2.75) is 11.3 Å².